The van der Waals surface area contributed by atoms with E-state index in [2.05, 4.69) is 39.9 Å². The molecule has 0 aliphatic carbocycles. The zero-order valence-corrected chi connectivity index (χ0v) is 13.7. The highest BCUT2D eigenvalue weighted by molar-refractivity contribution is 6.74. The third-order valence-corrected chi connectivity index (χ3v) is 8.03. The lowest BCUT2D eigenvalue weighted by atomic mass is 10.1. The van der Waals surface area contributed by atoms with Gasteiger partial charge in [0.25, 0.3) is 8.32 Å². The fraction of sp³-hybridized carbons (Fsp3) is 0.533. The quantitative estimate of drug-likeness (QED) is 0.777. The lowest BCUT2D eigenvalue weighted by Gasteiger charge is -2.36. The highest BCUT2D eigenvalue weighted by atomic mass is 28.4. The van der Waals surface area contributed by atoms with Gasteiger partial charge in [0.15, 0.2) is 5.75 Å². The van der Waals surface area contributed by atoms with Gasteiger partial charge in [0.2, 0.25) is 0 Å². The van der Waals surface area contributed by atoms with Gasteiger partial charge in [-0.05, 0) is 35.8 Å². The van der Waals surface area contributed by atoms with Gasteiger partial charge in [0, 0.05) is 0 Å². The van der Waals surface area contributed by atoms with Crippen LogP contribution in [0.15, 0.2) is 18.2 Å². The van der Waals surface area contributed by atoms with Crippen molar-refractivity contribution in [3.63, 3.8) is 0 Å². The summed E-state index contributed by atoms with van der Waals surface area (Å²) in [4.78, 5) is 0. The van der Waals surface area contributed by atoms with E-state index in [1.54, 1.807) is 7.11 Å². The predicted molar refractivity (Wildman–Crippen MR) is 80.1 cm³/mol. The molecule has 0 aliphatic heterocycles. The second kappa shape index (κ2) is 5.66. The van der Waals surface area contributed by atoms with E-state index in [1.165, 1.54) is 0 Å². The summed E-state index contributed by atoms with van der Waals surface area (Å²) in [5.41, 5.74) is 0.946. The van der Waals surface area contributed by atoms with Gasteiger partial charge in [0.05, 0.1) is 19.6 Å². The molecule has 3 nitrogen and oxygen atoms in total. The average molecular weight is 277 g/mol. The van der Waals surface area contributed by atoms with E-state index in [1.807, 2.05) is 18.2 Å². The molecular formula is C15H23NO2Si. The van der Waals surface area contributed by atoms with Crippen LogP contribution in [0.5, 0.6) is 11.5 Å². The molecule has 0 aromatic heterocycles. The minimum absolute atomic E-state index is 0.142. The van der Waals surface area contributed by atoms with E-state index < -0.39 is 8.32 Å². The molecule has 0 saturated heterocycles. The van der Waals surface area contributed by atoms with Gasteiger partial charge >= 0.3 is 0 Å². The van der Waals surface area contributed by atoms with Crippen molar-refractivity contribution in [2.24, 2.45) is 0 Å². The predicted octanol–water partition coefficient (Wildman–Crippen LogP) is 4.15. The second-order valence-corrected chi connectivity index (χ2v) is 10.9. The first-order valence-electron chi connectivity index (χ1n) is 6.44. The molecular weight excluding hydrogens is 254 g/mol. The van der Waals surface area contributed by atoms with Crippen molar-refractivity contribution in [3.05, 3.63) is 23.8 Å². The molecule has 0 unspecified atom stereocenters. The Morgan fingerprint density at radius 2 is 1.84 bits per heavy atom. The molecule has 1 rings (SSSR count). The number of rotatable bonds is 4. The van der Waals surface area contributed by atoms with E-state index in [-0.39, 0.29) is 5.04 Å². The minimum Gasteiger partial charge on any atom is -0.541 e. The van der Waals surface area contributed by atoms with E-state index >= 15 is 0 Å². The maximum Gasteiger partial charge on any atom is 0.250 e. The highest BCUT2D eigenvalue weighted by Gasteiger charge is 2.39. The van der Waals surface area contributed by atoms with Crippen LogP contribution in [0.1, 0.15) is 26.3 Å². The van der Waals surface area contributed by atoms with Crippen molar-refractivity contribution in [2.45, 2.75) is 45.3 Å². The fourth-order valence-electron chi connectivity index (χ4n) is 1.43. The standard InChI is InChI=1S/C15H23NO2Si/c1-15(2,3)19(5,6)18-13-8-7-12(9-10-16)11-14(13)17-4/h7-8,11H,9H2,1-6H3. The molecule has 0 fully saturated rings. The fourth-order valence-corrected chi connectivity index (χ4v) is 2.45. The number of nitriles is 1. The van der Waals surface area contributed by atoms with Crippen molar-refractivity contribution < 1.29 is 9.16 Å². The smallest absolute Gasteiger partial charge is 0.250 e. The van der Waals surface area contributed by atoms with Gasteiger partial charge in [-0.2, -0.15) is 5.26 Å². The van der Waals surface area contributed by atoms with E-state index in [4.69, 9.17) is 14.4 Å². The maximum absolute atomic E-state index is 8.73. The van der Waals surface area contributed by atoms with Crippen LogP contribution < -0.4 is 9.16 Å². The SMILES string of the molecule is COc1cc(CC#N)ccc1O[Si](C)(C)C(C)(C)C. The molecule has 4 heteroatoms. The van der Waals surface area contributed by atoms with Gasteiger partial charge in [-0.1, -0.05) is 26.8 Å². The molecule has 0 spiro atoms. The minimum atomic E-state index is -1.87. The third kappa shape index (κ3) is 3.74. The van der Waals surface area contributed by atoms with Crippen LogP contribution in [0.3, 0.4) is 0 Å². The molecule has 1 aromatic rings. The van der Waals surface area contributed by atoms with Gasteiger partial charge in [-0.3, -0.25) is 0 Å². The van der Waals surface area contributed by atoms with Crippen LogP contribution in [-0.4, -0.2) is 15.4 Å². The second-order valence-electron chi connectivity index (χ2n) is 6.18. The van der Waals surface area contributed by atoms with Crippen LogP contribution in [0, 0.1) is 11.3 Å². The Kier molecular flexibility index (Phi) is 4.64. The normalized spacial score (nSPS) is 11.8. The molecule has 0 saturated carbocycles. The summed E-state index contributed by atoms with van der Waals surface area (Å²) >= 11 is 0. The van der Waals surface area contributed by atoms with Gasteiger partial charge in [-0.25, -0.2) is 0 Å². The molecule has 0 bridgehead atoms. The maximum atomic E-state index is 8.73. The third-order valence-electron chi connectivity index (χ3n) is 3.68. The Morgan fingerprint density at radius 1 is 1.21 bits per heavy atom. The topological polar surface area (TPSA) is 42.2 Å². The lowest BCUT2D eigenvalue weighted by molar-refractivity contribution is 0.385. The summed E-state index contributed by atoms with van der Waals surface area (Å²) in [6.45, 7) is 11.0. The summed E-state index contributed by atoms with van der Waals surface area (Å²) in [6.07, 6.45) is 0.386. The van der Waals surface area contributed by atoms with E-state index in [9.17, 15) is 0 Å². The van der Waals surface area contributed by atoms with E-state index in [0.717, 1.165) is 11.3 Å². The van der Waals surface area contributed by atoms with Crippen LogP contribution in [-0.2, 0) is 6.42 Å². The Balaban J connectivity index is 3.06. The molecule has 0 atom stereocenters. The summed E-state index contributed by atoms with van der Waals surface area (Å²) in [5, 5.41) is 8.87. The van der Waals surface area contributed by atoms with Crippen LogP contribution in [0.25, 0.3) is 0 Å². The summed E-state index contributed by atoms with van der Waals surface area (Å²) in [6, 6.07) is 7.85. The Morgan fingerprint density at radius 3 is 2.32 bits per heavy atom. The first kappa shape index (κ1) is 15.6. The Labute approximate surface area is 117 Å². The first-order valence-corrected chi connectivity index (χ1v) is 9.35. The molecule has 19 heavy (non-hydrogen) atoms. The molecule has 0 amide bonds. The molecule has 0 N–H and O–H groups in total. The zero-order valence-electron chi connectivity index (χ0n) is 12.7. The number of hydrogen-bond donors (Lipinski definition) is 0. The Hall–Kier alpha value is -1.47. The van der Waals surface area contributed by atoms with Crippen molar-refractivity contribution in [2.75, 3.05) is 7.11 Å². The Bertz CT molecular complexity index is 484. The van der Waals surface area contributed by atoms with Gasteiger partial charge in [0.1, 0.15) is 5.75 Å². The number of methoxy groups -OCH3 is 1. The van der Waals surface area contributed by atoms with Crippen LogP contribution in [0.2, 0.25) is 18.1 Å². The summed E-state index contributed by atoms with van der Waals surface area (Å²) in [7, 11) is -0.245. The molecule has 0 heterocycles. The number of hydrogen-bond acceptors (Lipinski definition) is 3. The summed E-state index contributed by atoms with van der Waals surface area (Å²) in [5.74, 6) is 1.48. The first-order chi connectivity index (χ1) is 8.71. The van der Waals surface area contributed by atoms with Crippen molar-refractivity contribution in [3.8, 4) is 17.6 Å². The van der Waals surface area contributed by atoms with Crippen molar-refractivity contribution in [1.82, 2.24) is 0 Å². The molecule has 0 radical (unpaired) electrons. The molecule has 104 valence electrons. The highest BCUT2D eigenvalue weighted by Crippen LogP contribution is 2.40. The van der Waals surface area contributed by atoms with Gasteiger partial charge in [-0.15, -0.1) is 0 Å². The van der Waals surface area contributed by atoms with Gasteiger partial charge < -0.3 is 9.16 Å². The summed E-state index contributed by atoms with van der Waals surface area (Å²) < 4.78 is 11.6. The average Bonchev–Trinajstić information content (AvgIpc) is 2.29. The van der Waals surface area contributed by atoms with E-state index in [0.29, 0.717) is 12.2 Å². The van der Waals surface area contributed by atoms with Crippen LogP contribution in [0.4, 0.5) is 0 Å². The van der Waals surface area contributed by atoms with Crippen molar-refractivity contribution in [1.29, 1.82) is 5.26 Å². The molecule has 1 aromatic carbocycles. The number of nitrogens with zero attached hydrogens (tertiary/aromatic N) is 1. The lowest BCUT2D eigenvalue weighted by Crippen LogP contribution is -2.43. The zero-order chi connectivity index (χ0) is 14.7. The largest absolute Gasteiger partial charge is 0.541 e. The number of ether oxygens (including phenoxy) is 1. The molecule has 0 aliphatic rings. The van der Waals surface area contributed by atoms with Crippen LogP contribution >= 0.6 is 0 Å². The van der Waals surface area contributed by atoms with Crippen molar-refractivity contribution >= 4 is 8.32 Å². The monoisotopic (exact) mass is 277 g/mol. The number of benzene rings is 1.